The summed E-state index contributed by atoms with van der Waals surface area (Å²) in [6, 6.07) is 11.9. The largest absolute Gasteiger partial charge is 0.461 e. The molecule has 108 valence electrons. The molecule has 2 aromatic carbocycles. The summed E-state index contributed by atoms with van der Waals surface area (Å²) in [5.74, 6) is 0.347. The van der Waals surface area contributed by atoms with Crippen LogP contribution in [0.3, 0.4) is 0 Å². The minimum Gasteiger partial charge on any atom is -0.461 e. The number of benzene rings is 2. The van der Waals surface area contributed by atoms with Gasteiger partial charge in [-0.2, -0.15) is 0 Å². The molecule has 4 heteroatoms. The van der Waals surface area contributed by atoms with E-state index in [9.17, 15) is 4.39 Å². The summed E-state index contributed by atoms with van der Waals surface area (Å²) in [6.45, 7) is 2.00. The van der Waals surface area contributed by atoms with Gasteiger partial charge in [0, 0.05) is 17.4 Å². The van der Waals surface area contributed by atoms with E-state index in [0.29, 0.717) is 12.0 Å². The minimum atomic E-state index is -0.521. The number of hydrogen-bond donors (Lipinski definition) is 1. The van der Waals surface area contributed by atoms with E-state index in [-0.39, 0.29) is 5.02 Å². The Balaban J connectivity index is 2.21. The van der Waals surface area contributed by atoms with Crippen LogP contribution in [0.2, 0.25) is 5.02 Å². The van der Waals surface area contributed by atoms with Gasteiger partial charge in [0.2, 0.25) is 0 Å². The van der Waals surface area contributed by atoms with Crippen molar-refractivity contribution in [2.45, 2.75) is 19.4 Å². The first-order valence-electron chi connectivity index (χ1n) is 6.83. The molecule has 1 atom stereocenters. The molecule has 1 heterocycles. The fourth-order valence-corrected chi connectivity index (χ4v) is 2.88. The van der Waals surface area contributed by atoms with Crippen molar-refractivity contribution in [2.24, 2.45) is 5.73 Å². The van der Waals surface area contributed by atoms with E-state index in [1.54, 1.807) is 12.1 Å². The number of aryl methyl sites for hydroxylation is 1. The van der Waals surface area contributed by atoms with Gasteiger partial charge in [-0.25, -0.2) is 4.39 Å². The predicted molar refractivity (Wildman–Crippen MR) is 83.0 cm³/mol. The zero-order valence-electron chi connectivity index (χ0n) is 11.6. The number of rotatable bonds is 3. The molecule has 2 nitrogen and oxygen atoms in total. The second kappa shape index (κ2) is 5.51. The highest BCUT2D eigenvalue weighted by molar-refractivity contribution is 6.31. The van der Waals surface area contributed by atoms with Crippen LogP contribution in [-0.4, -0.2) is 0 Å². The molecule has 1 unspecified atom stereocenters. The first-order valence-corrected chi connectivity index (χ1v) is 7.21. The van der Waals surface area contributed by atoms with Crippen LogP contribution < -0.4 is 5.73 Å². The maximum Gasteiger partial charge on any atom is 0.142 e. The minimum absolute atomic E-state index is 0.0670. The van der Waals surface area contributed by atoms with Crippen LogP contribution >= 0.6 is 11.6 Å². The molecule has 0 spiro atoms. The number of para-hydroxylation sites is 1. The molecule has 21 heavy (non-hydrogen) atoms. The number of halogens is 2. The molecule has 3 aromatic rings. The average Bonchev–Trinajstić information content (AvgIpc) is 2.88. The number of furan rings is 1. The van der Waals surface area contributed by atoms with Crippen molar-refractivity contribution < 1.29 is 8.81 Å². The summed E-state index contributed by atoms with van der Waals surface area (Å²) in [5.41, 5.74) is 8.59. The van der Waals surface area contributed by atoms with Crippen LogP contribution in [0, 0.1) is 5.82 Å². The summed E-state index contributed by atoms with van der Waals surface area (Å²) in [4.78, 5) is 0. The Hall–Kier alpha value is -1.84. The van der Waals surface area contributed by atoms with Crippen molar-refractivity contribution in [3.63, 3.8) is 0 Å². The van der Waals surface area contributed by atoms with Gasteiger partial charge in [-0.1, -0.05) is 48.9 Å². The number of nitrogens with two attached hydrogens (primary N) is 1. The van der Waals surface area contributed by atoms with Crippen molar-refractivity contribution >= 4 is 22.6 Å². The van der Waals surface area contributed by atoms with Gasteiger partial charge < -0.3 is 10.2 Å². The Labute approximate surface area is 127 Å². The molecule has 0 fully saturated rings. The van der Waals surface area contributed by atoms with Gasteiger partial charge in [-0.15, -0.1) is 0 Å². The molecule has 0 saturated carbocycles. The van der Waals surface area contributed by atoms with E-state index in [1.807, 2.05) is 31.2 Å². The number of hydrogen-bond acceptors (Lipinski definition) is 2. The molecular formula is C17H15ClFNO. The Morgan fingerprint density at radius 2 is 1.95 bits per heavy atom. The monoisotopic (exact) mass is 303 g/mol. The normalized spacial score (nSPS) is 12.8. The SMILES string of the molecule is CCc1oc2ccccc2c1C(N)c1cccc(F)c1Cl. The molecule has 0 aliphatic heterocycles. The topological polar surface area (TPSA) is 39.2 Å². The van der Waals surface area contributed by atoms with Gasteiger partial charge in [0.25, 0.3) is 0 Å². The second-order valence-electron chi connectivity index (χ2n) is 4.91. The lowest BCUT2D eigenvalue weighted by Crippen LogP contribution is -2.14. The van der Waals surface area contributed by atoms with Crippen molar-refractivity contribution in [3.05, 3.63) is 70.2 Å². The average molecular weight is 304 g/mol. The molecule has 0 saturated heterocycles. The first kappa shape index (κ1) is 14.1. The molecule has 3 rings (SSSR count). The van der Waals surface area contributed by atoms with E-state index in [4.69, 9.17) is 21.8 Å². The molecule has 0 bridgehead atoms. The van der Waals surface area contributed by atoms with E-state index in [0.717, 1.165) is 22.3 Å². The Bertz CT molecular complexity index is 797. The fourth-order valence-electron chi connectivity index (χ4n) is 2.64. The summed E-state index contributed by atoms with van der Waals surface area (Å²) in [6.07, 6.45) is 0.713. The molecule has 0 amide bonds. The van der Waals surface area contributed by atoms with Crippen molar-refractivity contribution in [1.82, 2.24) is 0 Å². The van der Waals surface area contributed by atoms with Crippen LogP contribution in [0.1, 0.15) is 29.9 Å². The third-order valence-electron chi connectivity index (χ3n) is 3.66. The van der Waals surface area contributed by atoms with Crippen LogP contribution in [0.5, 0.6) is 0 Å². The smallest absolute Gasteiger partial charge is 0.142 e. The van der Waals surface area contributed by atoms with Gasteiger partial charge in [0.1, 0.15) is 17.2 Å². The standard InChI is InChI=1S/C17H15ClFNO/c1-2-13-15(10-6-3-4-9-14(10)21-13)17(20)11-7-5-8-12(19)16(11)18/h3-9,17H,2,20H2,1H3. The molecule has 0 aliphatic carbocycles. The summed E-state index contributed by atoms with van der Waals surface area (Å²) >= 11 is 6.07. The summed E-state index contributed by atoms with van der Waals surface area (Å²) < 4.78 is 19.5. The van der Waals surface area contributed by atoms with E-state index >= 15 is 0 Å². The third-order valence-corrected chi connectivity index (χ3v) is 4.06. The Morgan fingerprint density at radius 1 is 1.19 bits per heavy atom. The van der Waals surface area contributed by atoms with Crippen LogP contribution in [0.4, 0.5) is 4.39 Å². The summed E-state index contributed by atoms with van der Waals surface area (Å²) in [5, 5.41) is 1.01. The highest BCUT2D eigenvalue weighted by Gasteiger charge is 2.22. The summed E-state index contributed by atoms with van der Waals surface area (Å²) in [7, 11) is 0. The van der Waals surface area contributed by atoms with E-state index in [2.05, 4.69) is 0 Å². The highest BCUT2D eigenvalue weighted by Crippen LogP contribution is 2.36. The third kappa shape index (κ3) is 2.33. The zero-order chi connectivity index (χ0) is 15.0. The van der Waals surface area contributed by atoms with Gasteiger partial charge in [-0.3, -0.25) is 0 Å². The van der Waals surface area contributed by atoms with Gasteiger partial charge in [-0.05, 0) is 17.7 Å². The maximum absolute atomic E-state index is 13.7. The lowest BCUT2D eigenvalue weighted by Gasteiger charge is -2.14. The molecule has 0 radical (unpaired) electrons. The molecule has 2 N–H and O–H groups in total. The zero-order valence-corrected chi connectivity index (χ0v) is 12.3. The quantitative estimate of drug-likeness (QED) is 0.752. The molecule has 0 aliphatic rings. The number of fused-ring (bicyclic) bond motifs is 1. The Morgan fingerprint density at radius 3 is 2.71 bits per heavy atom. The van der Waals surface area contributed by atoms with Gasteiger partial charge in [0.05, 0.1) is 11.1 Å². The highest BCUT2D eigenvalue weighted by atomic mass is 35.5. The lowest BCUT2D eigenvalue weighted by atomic mass is 9.96. The van der Waals surface area contributed by atoms with E-state index < -0.39 is 11.9 Å². The Kier molecular flexibility index (Phi) is 3.70. The molecule has 1 aromatic heterocycles. The van der Waals surface area contributed by atoms with Gasteiger partial charge >= 0.3 is 0 Å². The predicted octanol–water partition coefficient (Wildman–Crippen LogP) is 4.84. The van der Waals surface area contributed by atoms with Crippen molar-refractivity contribution in [2.75, 3.05) is 0 Å². The lowest BCUT2D eigenvalue weighted by molar-refractivity contribution is 0.546. The van der Waals surface area contributed by atoms with E-state index in [1.165, 1.54) is 6.07 Å². The van der Waals surface area contributed by atoms with Crippen LogP contribution in [0.25, 0.3) is 11.0 Å². The van der Waals surface area contributed by atoms with Gasteiger partial charge in [0.15, 0.2) is 0 Å². The van der Waals surface area contributed by atoms with Crippen LogP contribution in [0.15, 0.2) is 46.9 Å². The maximum atomic E-state index is 13.7. The van der Waals surface area contributed by atoms with Crippen molar-refractivity contribution in [1.29, 1.82) is 0 Å². The second-order valence-corrected chi connectivity index (χ2v) is 5.29. The molecular weight excluding hydrogens is 289 g/mol. The first-order chi connectivity index (χ1) is 10.1. The van der Waals surface area contributed by atoms with Crippen molar-refractivity contribution in [3.8, 4) is 0 Å². The fraction of sp³-hybridized carbons (Fsp3) is 0.176. The van der Waals surface area contributed by atoms with Crippen LogP contribution in [-0.2, 0) is 6.42 Å².